The summed E-state index contributed by atoms with van der Waals surface area (Å²) < 4.78 is 4.94. The Labute approximate surface area is 143 Å². The maximum absolute atomic E-state index is 12.9. The van der Waals surface area contributed by atoms with Crippen molar-refractivity contribution in [3.63, 3.8) is 0 Å². The molecule has 1 amide bonds. The largest absolute Gasteiger partial charge is 0.343 e. The highest BCUT2D eigenvalue weighted by Crippen LogP contribution is 2.39. The topological polar surface area (TPSA) is 59.2 Å². The lowest BCUT2D eigenvalue weighted by molar-refractivity contribution is 0.0793. The minimum Gasteiger partial charge on any atom is -0.343 e. The van der Waals surface area contributed by atoms with Gasteiger partial charge in [-0.05, 0) is 29.5 Å². The molecule has 0 bridgehead atoms. The fraction of sp³-hybridized carbons (Fsp3) is 0.278. The van der Waals surface area contributed by atoms with Crippen LogP contribution in [0.2, 0.25) is 0 Å². The molecule has 122 valence electrons. The lowest BCUT2D eigenvalue weighted by atomic mass is 9.88. The molecule has 2 atom stereocenters. The van der Waals surface area contributed by atoms with Crippen LogP contribution in [0.3, 0.4) is 0 Å². The first-order valence-electron chi connectivity index (χ1n) is 7.88. The van der Waals surface area contributed by atoms with Crippen LogP contribution in [-0.2, 0) is 0 Å². The van der Waals surface area contributed by atoms with Crippen LogP contribution in [-0.4, -0.2) is 34.0 Å². The van der Waals surface area contributed by atoms with E-state index in [2.05, 4.69) is 22.3 Å². The third-order valence-corrected chi connectivity index (χ3v) is 5.61. The highest BCUT2D eigenvalue weighted by atomic mass is 32.1. The zero-order chi connectivity index (χ0) is 16.5. The van der Waals surface area contributed by atoms with E-state index in [0.29, 0.717) is 18.9 Å². The smallest absolute Gasteiger partial charge is 0.264 e. The van der Waals surface area contributed by atoms with Crippen molar-refractivity contribution in [1.29, 1.82) is 0 Å². The van der Waals surface area contributed by atoms with Crippen LogP contribution in [0.25, 0.3) is 0 Å². The van der Waals surface area contributed by atoms with Gasteiger partial charge in [-0.3, -0.25) is 4.79 Å². The second kappa shape index (κ2) is 6.20. The second-order valence-corrected chi connectivity index (χ2v) is 6.97. The van der Waals surface area contributed by atoms with Crippen LogP contribution < -0.4 is 0 Å². The third kappa shape index (κ3) is 2.63. The van der Waals surface area contributed by atoms with Gasteiger partial charge in [0.1, 0.15) is 0 Å². The molecular weight excluding hydrogens is 322 g/mol. The molecule has 2 aromatic heterocycles. The van der Waals surface area contributed by atoms with Crippen LogP contribution in [0.1, 0.15) is 38.5 Å². The van der Waals surface area contributed by atoms with E-state index in [9.17, 15) is 4.79 Å². The summed E-state index contributed by atoms with van der Waals surface area (Å²) in [5.74, 6) is 0.986. The molecule has 6 heteroatoms. The van der Waals surface area contributed by atoms with Gasteiger partial charge in [-0.1, -0.05) is 35.5 Å². The molecular formula is C18H17N3O2S. The molecule has 3 aromatic rings. The number of thiophene rings is 1. The number of aryl methyl sites for hydroxylation is 1. The highest BCUT2D eigenvalue weighted by molar-refractivity contribution is 7.12. The summed E-state index contributed by atoms with van der Waals surface area (Å²) in [5.41, 5.74) is 2.23. The average Bonchev–Trinajstić information content (AvgIpc) is 3.35. The standard InChI is InChI=1S/C18H17N3O2S/c1-12-7-8-24-16(12)18(22)21-9-14(13-5-3-2-4-6-13)15(10-21)17-19-11-23-20-17/h2-8,11,14-15H,9-10H2,1H3/t14-,15-/m0/s1. The van der Waals surface area contributed by atoms with Crippen molar-refractivity contribution in [3.05, 3.63) is 70.0 Å². The maximum atomic E-state index is 12.9. The summed E-state index contributed by atoms with van der Waals surface area (Å²) in [6.45, 7) is 3.25. The Morgan fingerprint density at radius 3 is 2.67 bits per heavy atom. The van der Waals surface area contributed by atoms with Gasteiger partial charge in [0.2, 0.25) is 6.39 Å². The lowest BCUT2D eigenvalue weighted by Crippen LogP contribution is -2.28. The van der Waals surface area contributed by atoms with E-state index in [1.807, 2.05) is 41.5 Å². The van der Waals surface area contributed by atoms with Crippen molar-refractivity contribution in [2.75, 3.05) is 13.1 Å². The quantitative estimate of drug-likeness (QED) is 0.733. The molecule has 4 rings (SSSR count). The van der Waals surface area contributed by atoms with Gasteiger partial charge in [0.25, 0.3) is 5.91 Å². The van der Waals surface area contributed by atoms with Gasteiger partial charge in [-0.2, -0.15) is 4.98 Å². The molecule has 0 radical (unpaired) electrons. The second-order valence-electron chi connectivity index (χ2n) is 6.06. The number of likely N-dealkylation sites (tertiary alicyclic amines) is 1. The van der Waals surface area contributed by atoms with Gasteiger partial charge in [-0.25, -0.2) is 0 Å². The summed E-state index contributed by atoms with van der Waals surface area (Å²) in [6, 6.07) is 12.2. The number of benzene rings is 1. The van der Waals surface area contributed by atoms with Crippen LogP contribution in [0.5, 0.6) is 0 Å². The molecule has 24 heavy (non-hydrogen) atoms. The monoisotopic (exact) mass is 339 g/mol. The number of hydrogen-bond acceptors (Lipinski definition) is 5. The Morgan fingerprint density at radius 2 is 2.00 bits per heavy atom. The SMILES string of the molecule is Cc1ccsc1C(=O)N1C[C@H](c2ncon2)[C@H](c2ccccc2)C1. The molecule has 0 unspecified atom stereocenters. The van der Waals surface area contributed by atoms with Crippen LogP contribution in [0, 0.1) is 6.92 Å². The van der Waals surface area contributed by atoms with Crippen molar-refractivity contribution < 1.29 is 9.32 Å². The molecule has 1 fully saturated rings. The fourth-order valence-corrected chi connectivity index (χ4v) is 4.24. The summed E-state index contributed by atoms with van der Waals surface area (Å²) in [5, 5.41) is 5.99. The van der Waals surface area contributed by atoms with Crippen molar-refractivity contribution in [1.82, 2.24) is 15.0 Å². The Hall–Kier alpha value is -2.47. The predicted octanol–water partition coefficient (Wildman–Crippen LogP) is 3.46. The molecule has 0 N–H and O–H groups in total. The van der Waals surface area contributed by atoms with E-state index in [4.69, 9.17) is 4.52 Å². The van der Waals surface area contributed by atoms with Gasteiger partial charge in [0, 0.05) is 24.9 Å². The number of aromatic nitrogens is 2. The minimum absolute atomic E-state index is 0.0513. The zero-order valence-corrected chi connectivity index (χ0v) is 14.1. The Bertz CT molecular complexity index is 829. The Kier molecular flexibility index (Phi) is 3.90. The van der Waals surface area contributed by atoms with Crippen molar-refractivity contribution in [2.24, 2.45) is 0 Å². The number of carbonyl (C=O) groups excluding carboxylic acids is 1. The van der Waals surface area contributed by atoms with E-state index in [1.165, 1.54) is 23.3 Å². The first-order chi connectivity index (χ1) is 11.7. The van der Waals surface area contributed by atoms with E-state index < -0.39 is 0 Å². The number of carbonyl (C=O) groups is 1. The van der Waals surface area contributed by atoms with Gasteiger partial charge < -0.3 is 9.42 Å². The molecule has 1 aliphatic heterocycles. The van der Waals surface area contributed by atoms with Crippen molar-refractivity contribution in [3.8, 4) is 0 Å². The highest BCUT2D eigenvalue weighted by Gasteiger charge is 2.39. The lowest BCUT2D eigenvalue weighted by Gasteiger charge is -2.16. The molecule has 1 aliphatic rings. The summed E-state index contributed by atoms with van der Waals surface area (Å²) in [7, 11) is 0. The number of hydrogen-bond donors (Lipinski definition) is 0. The van der Waals surface area contributed by atoms with Crippen molar-refractivity contribution in [2.45, 2.75) is 18.8 Å². The summed E-state index contributed by atoms with van der Waals surface area (Å²) in [4.78, 5) is 19.9. The van der Waals surface area contributed by atoms with Crippen molar-refractivity contribution >= 4 is 17.2 Å². The molecule has 1 saturated heterocycles. The number of nitrogens with zero attached hydrogens (tertiary/aromatic N) is 3. The Morgan fingerprint density at radius 1 is 1.21 bits per heavy atom. The molecule has 0 saturated carbocycles. The average molecular weight is 339 g/mol. The summed E-state index contributed by atoms with van der Waals surface area (Å²) in [6.07, 6.45) is 1.35. The predicted molar refractivity (Wildman–Crippen MR) is 91.2 cm³/mol. The molecule has 1 aromatic carbocycles. The third-order valence-electron chi connectivity index (χ3n) is 4.60. The zero-order valence-electron chi connectivity index (χ0n) is 13.3. The van der Waals surface area contributed by atoms with Crippen LogP contribution in [0.15, 0.2) is 52.7 Å². The normalized spacial score (nSPS) is 20.5. The minimum atomic E-state index is 0.0513. The first-order valence-corrected chi connectivity index (χ1v) is 8.76. The van der Waals surface area contributed by atoms with Gasteiger partial charge in [0.15, 0.2) is 5.82 Å². The van der Waals surface area contributed by atoms with Crippen LogP contribution in [0.4, 0.5) is 0 Å². The summed E-state index contributed by atoms with van der Waals surface area (Å²) >= 11 is 1.50. The first kappa shape index (κ1) is 15.1. The Balaban J connectivity index is 1.66. The van der Waals surface area contributed by atoms with Gasteiger partial charge in [0.05, 0.1) is 4.88 Å². The maximum Gasteiger partial charge on any atom is 0.264 e. The van der Waals surface area contributed by atoms with E-state index in [-0.39, 0.29) is 17.7 Å². The van der Waals surface area contributed by atoms with Gasteiger partial charge >= 0.3 is 0 Å². The van der Waals surface area contributed by atoms with E-state index >= 15 is 0 Å². The van der Waals surface area contributed by atoms with Gasteiger partial charge in [-0.15, -0.1) is 11.3 Å². The molecule has 5 nitrogen and oxygen atoms in total. The molecule has 0 aliphatic carbocycles. The molecule has 0 spiro atoms. The van der Waals surface area contributed by atoms with Crippen LogP contribution >= 0.6 is 11.3 Å². The molecule has 3 heterocycles. The number of amides is 1. The van der Waals surface area contributed by atoms with E-state index in [1.54, 1.807) is 0 Å². The number of rotatable bonds is 3. The fourth-order valence-electron chi connectivity index (χ4n) is 3.35. The van der Waals surface area contributed by atoms with E-state index in [0.717, 1.165) is 10.4 Å².